The lowest BCUT2D eigenvalue weighted by Gasteiger charge is -2.41. The van der Waals surface area contributed by atoms with Gasteiger partial charge in [-0.15, -0.1) is 6.58 Å². The molecule has 3 atom stereocenters. The van der Waals surface area contributed by atoms with Gasteiger partial charge in [-0.05, 0) is 32.3 Å². The van der Waals surface area contributed by atoms with Crippen LogP contribution in [0.2, 0.25) is 0 Å². The Bertz CT molecular complexity index is 405. The van der Waals surface area contributed by atoms with E-state index in [1.54, 1.807) is 12.3 Å². The average molecular weight is 263 g/mol. The van der Waals surface area contributed by atoms with E-state index < -0.39 is 0 Å². The van der Waals surface area contributed by atoms with Crippen LogP contribution >= 0.6 is 0 Å². The number of nitrogens with zero attached hydrogens (tertiary/aromatic N) is 1. The Kier molecular flexibility index (Phi) is 4.20. The van der Waals surface area contributed by atoms with Crippen LogP contribution in [0.1, 0.15) is 38.5 Å². The second-order valence-electron chi connectivity index (χ2n) is 5.49. The van der Waals surface area contributed by atoms with E-state index in [1.165, 1.54) is 0 Å². The molecule has 2 saturated heterocycles. The van der Waals surface area contributed by atoms with Crippen LogP contribution in [-0.2, 0) is 9.59 Å². The van der Waals surface area contributed by atoms with Crippen LogP contribution in [0.15, 0.2) is 25.4 Å². The van der Waals surface area contributed by atoms with E-state index in [-0.39, 0.29) is 28.4 Å². The van der Waals surface area contributed by atoms with Crippen molar-refractivity contribution in [2.75, 3.05) is 6.54 Å². The number of carbonyl (C=O) groups excluding carboxylic acids is 2. The summed E-state index contributed by atoms with van der Waals surface area (Å²) in [6.07, 6.45) is 8.39. The molecule has 0 saturated carbocycles. The monoisotopic (exact) mass is 263 g/mol. The summed E-state index contributed by atoms with van der Waals surface area (Å²) in [7, 11) is 0. The summed E-state index contributed by atoms with van der Waals surface area (Å²) in [6, 6.07) is 0. The fourth-order valence-electron chi connectivity index (χ4n) is 3.21. The van der Waals surface area contributed by atoms with Crippen molar-refractivity contribution in [3.8, 4) is 0 Å². The SMILES string of the molecule is C=CC1CCCC([N+]2(C=C)CCCCC2=O)NC1=O. The summed E-state index contributed by atoms with van der Waals surface area (Å²) >= 11 is 0. The van der Waals surface area contributed by atoms with Gasteiger partial charge in [0.15, 0.2) is 6.17 Å². The maximum absolute atomic E-state index is 12.3. The van der Waals surface area contributed by atoms with E-state index in [9.17, 15) is 9.59 Å². The molecule has 0 aromatic carbocycles. The Morgan fingerprint density at radius 2 is 1.95 bits per heavy atom. The second-order valence-corrected chi connectivity index (χ2v) is 5.49. The highest BCUT2D eigenvalue weighted by atomic mass is 16.2. The van der Waals surface area contributed by atoms with E-state index in [2.05, 4.69) is 18.5 Å². The van der Waals surface area contributed by atoms with Gasteiger partial charge >= 0.3 is 5.91 Å². The van der Waals surface area contributed by atoms with Gasteiger partial charge in [0.25, 0.3) is 0 Å². The first-order valence-corrected chi connectivity index (χ1v) is 7.11. The third-order valence-corrected chi connectivity index (χ3v) is 4.44. The standard InChI is InChI=1S/C15H22N2O2/c1-3-12-8-7-9-13(16-15(12)19)17(4-2)11-6-5-10-14(17)18/h3-4,12-13H,1-2,5-11H2/p+1. The zero-order chi connectivity index (χ0) is 13.9. The smallest absolute Gasteiger partial charge is 0.306 e. The zero-order valence-corrected chi connectivity index (χ0v) is 11.4. The Morgan fingerprint density at radius 3 is 2.58 bits per heavy atom. The summed E-state index contributed by atoms with van der Waals surface area (Å²) in [5.41, 5.74) is 0. The first kappa shape index (κ1) is 14.0. The summed E-state index contributed by atoms with van der Waals surface area (Å²) < 4.78 is 0.218. The van der Waals surface area contributed by atoms with Gasteiger partial charge in [-0.2, -0.15) is 0 Å². The van der Waals surface area contributed by atoms with Crippen molar-refractivity contribution in [2.24, 2.45) is 5.92 Å². The van der Waals surface area contributed by atoms with Gasteiger partial charge in [-0.25, -0.2) is 9.28 Å². The molecule has 2 amide bonds. The Hall–Kier alpha value is -1.42. The normalized spacial score (nSPS) is 36.2. The maximum atomic E-state index is 12.3. The Balaban J connectivity index is 2.23. The molecule has 4 nitrogen and oxygen atoms in total. The lowest BCUT2D eigenvalue weighted by molar-refractivity contribution is -0.836. The number of nitrogens with one attached hydrogen (secondary N) is 1. The van der Waals surface area contributed by atoms with Crippen LogP contribution in [0.3, 0.4) is 0 Å². The van der Waals surface area contributed by atoms with Gasteiger partial charge in [0.1, 0.15) is 0 Å². The third-order valence-electron chi connectivity index (χ3n) is 4.44. The highest BCUT2D eigenvalue weighted by Gasteiger charge is 2.45. The highest BCUT2D eigenvalue weighted by molar-refractivity contribution is 5.81. The van der Waals surface area contributed by atoms with Crippen molar-refractivity contribution >= 4 is 11.8 Å². The summed E-state index contributed by atoms with van der Waals surface area (Å²) in [5.74, 6) is 0.0496. The average Bonchev–Trinajstić information content (AvgIpc) is 2.61. The van der Waals surface area contributed by atoms with Gasteiger partial charge in [-0.3, -0.25) is 4.79 Å². The number of hydrogen-bond acceptors (Lipinski definition) is 2. The molecule has 19 heavy (non-hydrogen) atoms. The quantitative estimate of drug-likeness (QED) is 0.626. The van der Waals surface area contributed by atoms with Crippen molar-refractivity contribution in [1.82, 2.24) is 5.32 Å². The molecule has 0 bridgehead atoms. The highest BCUT2D eigenvalue weighted by Crippen LogP contribution is 2.29. The van der Waals surface area contributed by atoms with Gasteiger partial charge in [0.05, 0.1) is 25.1 Å². The van der Waals surface area contributed by atoms with Crippen LogP contribution in [0, 0.1) is 5.92 Å². The fourth-order valence-corrected chi connectivity index (χ4v) is 3.21. The molecule has 1 N–H and O–H groups in total. The molecule has 0 aromatic rings. The number of likely N-dealkylation sites (tertiary alicyclic amines) is 1. The molecule has 0 aromatic heterocycles. The van der Waals surface area contributed by atoms with E-state index in [0.29, 0.717) is 6.42 Å². The van der Waals surface area contributed by atoms with Crippen LogP contribution < -0.4 is 5.32 Å². The van der Waals surface area contributed by atoms with Gasteiger partial charge < -0.3 is 5.32 Å². The van der Waals surface area contributed by atoms with Crippen molar-refractivity contribution < 1.29 is 14.1 Å². The molecular weight excluding hydrogens is 240 g/mol. The minimum absolute atomic E-state index is 0.00442. The number of quaternary nitrogens is 1. The van der Waals surface area contributed by atoms with Crippen LogP contribution in [0.25, 0.3) is 0 Å². The lowest BCUT2D eigenvalue weighted by atomic mass is 10.0. The first-order chi connectivity index (χ1) is 9.14. The Labute approximate surface area is 114 Å². The maximum Gasteiger partial charge on any atom is 0.319 e. The number of amides is 2. The molecule has 2 aliphatic rings. The molecular formula is C15H23N2O2+. The molecule has 104 valence electrons. The third kappa shape index (κ3) is 2.50. The van der Waals surface area contributed by atoms with Crippen molar-refractivity contribution in [3.63, 3.8) is 0 Å². The topological polar surface area (TPSA) is 46.2 Å². The number of rotatable bonds is 3. The minimum atomic E-state index is -0.150. The molecule has 0 aliphatic carbocycles. The van der Waals surface area contributed by atoms with Gasteiger partial charge in [0, 0.05) is 6.42 Å². The number of carbonyl (C=O) groups is 2. The molecule has 2 rings (SSSR count). The minimum Gasteiger partial charge on any atom is -0.306 e. The number of piperidine rings is 1. The van der Waals surface area contributed by atoms with Crippen molar-refractivity contribution in [2.45, 2.75) is 44.7 Å². The fraction of sp³-hybridized carbons (Fsp3) is 0.600. The predicted molar refractivity (Wildman–Crippen MR) is 73.7 cm³/mol. The van der Waals surface area contributed by atoms with Crippen molar-refractivity contribution in [1.29, 1.82) is 0 Å². The zero-order valence-electron chi connectivity index (χ0n) is 11.4. The lowest BCUT2D eigenvalue weighted by Crippen LogP contribution is -2.63. The summed E-state index contributed by atoms with van der Waals surface area (Å²) in [5, 5.41) is 3.04. The molecule has 2 aliphatic heterocycles. The van der Waals surface area contributed by atoms with Crippen molar-refractivity contribution in [3.05, 3.63) is 25.4 Å². The van der Waals surface area contributed by atoms with E-state index >= 15 is 0 Å². The van der Waals surface area contributed by atoms with Crippen LogP contribution in [0.5, 0.6) is 0 Å². The second kappa shape index (κ2) is 5.70. The predicted octanol–water partition coefficient (Wildman–Crippen LogP) is 2.09. The molecule has 3 unspecified atom stereocenters. The molecule has 0 spiro atoms. The molecule has 4 heteroatoms. The largest absolute Gasteiger partial charge is 0.319 e. The summed E-state index contributed by atoms with van der Waals surface area (Å²) in [4.78, 5) is 24.5. The molecule has 0 radical (unpaired) electrons. The van der Waals surface area contributed by atoms with E-state index in [0.717, 1.165) is 38.6 Å². The first-order valence-electron chi connectivity index (χ1n) is 7.11. The van der Waals surface area contributed by atoms with Crippen LogP contribution in [-0.4, -0.2) is 29.0 Å². The summed E-state index contributed by atoms with van der Waals surface area (Å²) in [6.45, 7) is 8.33. The van der Waals surface area contributed by atoms with E-state index in [4.69, 9.17) is 0 Å². The molecule has 2 heterocycles. The Morgan fingerprint density at radius 1 is 1.16 bits per heavy atom. The molecule has 2 fully saturated rings. The van der Waals surface area contributed by atoms with Gasteiger partial charge in [0.2, 0.25) is 5.91 Å². The number of hydrogen-bond donors (Lipinski definition) is 1. The van der Waals surface area contributed by atoms with E-state index in [1.807, 2.05) is 0 Å². The van der Waals surface area contributed by atoms with Gasteiger partial charge in [-0.1, -0.05) is 6.08 Å². The van der Waals surface area contributed by atoms with Crippen LogP contribution in [0.4, 0.5) is 0 Å².